The van der Waals surface area contributed by atoms with Crippen LogP contribution in [-0.2, 0) is 11.2 Å². The summed E-state index contributed by atoms with van der Waals surface area (Å²) in [6.07, 6.45) is -4.96. The molecule has 2 aromatic rings. The smallest absolute Gasteiger partial charge is 0.430 e. The van der Waals surface area contributed by atoms with Gasteiger partial charge in [-0.05, 0) is 52.2 Å². The topological polar surface area (TPSA) is 100 Å². The molecule has 0 saturated carbocycles. The Kier molecular flexibility index (Phi) is 6.91. The molecule has 2 heterocycles. The van der Waals surface area contributed by atoms with E-state index in [1.54, 1.807) is 6.07 Å². The quantitative estimate of drug-likeness (QED) is 0.717. The van der Waals surface area contributed by atoms with E-state index in [1.165, 1.54) is 27.7 Å². The number of hydrogen-bond donors (Lipinski definition) is 1. The maximum absolute atomic E-state index is 13.3. The van der Waals surface area contributed by atoms with Gasteiger partial charge in [-0.3, -0.25) is 4.79 Å². The number of alkyl halides is 3. The number of benzene rings is 1. The van der Waals surface area contributed by atoms with Crippen LogP contribution >= 0.6 is 0 Å². The third-order valence-electron chi connectivity index (χ3n) is 5.24. The standard InChI is InChI=1S/C23H26F3N5O3/c1-14-29-19(16-10-9-15-7-5-6-8-18(15)28-12-16)17(11-27)20(32)31(14)30(13-23(24,25)26)21(33)34-22(2,3)4/h5-8,16,28H,9-10,12-13H2,1-4H3. The number of carbonyl (C=O) groups excluding carboxylic acids is 1. The van der Waals surface area contributed by atoms with Crippen LogP contribution < -0.4 is 15.9 Å². The van der Waals surface area contributed by atoms with Crippen LogP contribution in [0.3, 0.4) is 0 Å². The lowest BCUT2D eigenvalue weighted by atomic mass is 9.95. The number of nitrogens with zero attached hydrogens (tertiary/aromatic N) is 4. The molecule has 1 unspecified atom stereocenters. The van der Waals surface area contributed by atoms with Crippen molar-refractivity contribution < 1.29 is 22.7 Å². The van der Waals surface area contributed by atoms with Gasteiger partial charge in [-0.15, -0.1) is 0 Å². The molecule has 3 rings (SSSR count). The van der Waals surface area contributed by atoms with E-state index in [9.17, 15) is 28.0 Å². The van der Waals surface area contributed by atoms with Gasteiger partial charge >= 0.3 is 12.3 Å². The van der Waals surface area contributed by atoms with E-state index >= 15 is 0 Å². The highest BCUT2D eigenvalue weighted by Gasteiger charge is 2.38. The van der Waals surface area contributed by atoms with Gasteiger partial charge in [0, 0.05) is 18.2 Å². The molecule has 1 aliphatic rings. The summed E-state index contributed by atoms with van der Waals surface area (Å²) in [7, 11) is 0. The predicted octanol–water partition coefficient (Wildman–Crippen LogP) is 4.00. The van der Waals surface area contributed by atoms with Crippen LogP contribution in [0.5, 0.6) is 0 Å². The normalized spacial score (nSPS) is 16.0. The number of aromatic nitrogens is 2. The number of hydrogen-bond acceptors (Lipinski definition) is 6. The summed E-state index contributed by atoms with van der Waals surface area (Å²) in [5.41, 5.74) is -0.353. The van der Waals surface area contributed by atoms with Crippen molar-refractivity contribution >= 4 is 11.8 Å². The molecule has 1 aliphatic heterocycles. The Morgan fingerprint density at radius 2 is 2.00 bits per heavy atom. The van der Waals surface area contributed by atoms with E-state index in [1.807, 2.05) is 24.3 Å². The third-order valence-corrected chi connectivity index (χ3v) is 5.24. The molecule has 0 saturated heterocycles. The molecule has 1 aromatic carbocycles. The Morgan fingerprint density at radius 1 is 1.32 bits per heavy atom. The van der Waals surface area contributed by atoms with Crippen molar-refractivity contribution in [3.63, 3.8) is 0 Å². The van der Waals surface area contributed by atoms with Crippen LogP contribution in [0.4, 0.5) is 23.7 Å². The van der Waals surface area contributed by atoms with Crippen molar-refractivity contribution in [1.29, 1.82) is 5.26 Å². The van der Waals surface area contributed by atoms with Crippen molar-refractivity contribution in [3.05, 3.63) is 57.3 Å². The molecule has 0 fully saturated rings. The summed E-state index contributed by atoms with van der Waals surface area (Å²) < 4.78 is 45.5. The zero-order chi connectivity index (χ0) is 25.3. The first-order valence-corrected chi connectivity index (χ1v) is 10.7. The van der Waals surface area contributed by atoms with Gasteiger partial charge in [0.15, 0.2) is 0 Å². The summed E-state index contributed by atoms with van der Waals surface area (Å²) in [6, 6.07) is 9.50. The number of para-hydroxylation sites is 1. The summed E-state index contributed by atoms with van der Waals surface area (Å²) in [6.45, 7) is 4.40. The second-order valence-electron chi connectivity index (χ2n) is 9.07. The molecule has 11 heteroatoms. The van der Waals surface area contributed by atoms with Gasteiger partial charge in [0.2, 0.25) is 0 Å². The molecule has 0 aliphatic carbocycles. The van der Waals surface area contributed by atoms with Crippen LogP contribution in [0.25, 0.3) is 0 Å². The maximum Gasteiger partial charge on any atom is 0.430 e. The summed E-state index contributed by atoms with van der Waals surface area (Å²) >= 11 is 0. The van der Waals surface area contributed by atoms with Crippen LogP contribution in [0.15, 0.2) is 29.1 Å². The fraction of sp³-hybridized carbons (Fsp3) is 0.478. The average Bonchev–Trinajstić information content (AvgIpc) is 2.93. The molecule has 182 valence electrons. The number of halogens is 3. The average molecular weight is 477 g/mol. The Hall–Kier alpha value is -3.55. The van der Waals surface area contributed by atoms with Gasteiger partial charge in [0.25, 0.3) is 5.56 Å². The molecular weight excluding hydrogens is 451 g/mol. The van der Waals surface area contributed by atoms with Crippen molar-refractivity contribution in [2.75, 3.05) is 23.4 Å². The van der Waals surface area contributed by atoms with E-state index in [2.05, 4.69) is 10.3 Å². The number of rotatable bonds is 3. The SMILES string of the molecule is Cc1nc(C2CCc3ccccc3NC2)c(C#N)c(=O)n1N(CC(F)(F)F)C(=O)OC(C)(C)C. The number of aryl methyl sites for hydroxylation is 2. The first kappa shape index (κ1) is 25.1. The number of amides is 1. The van der Waals surface area contributed by atoms with Crippen molar-refractivity contribution in [2.45, 2.75) is 58.2 Å². The van der Waals surface area contributed by atoms with E-state index in [0.29, 0.717) is 24.1 Å². The zero-order valence-corrected chi connectivity index (χ0v) is 19.4. The first-order valence-electron chi connectivity index (χ1n) is 10.7. The number of nitrogens with one attached hydrogen (secondary N) is 1. The number of carbonyl (C=O) groups is 1. The molecule has 1 N–H and O–H groups in total. The third kappa shape index (κ3) is 5.68. The minimum absolute atomic E-state index is 0.141. The highest BCUT2D eigenvalue weighted by Crippen LogP contribution is 2.29. The lowest BCUT2D eigenvalue weighted by Gasteiger charge is -2.30. The second kappa shape index (κ2) is 9.37. The van der Waals surface area contributed by atoms with Gasteiger partial charge in [-0.2, -0.15) is 23.1 Å². The zero-order valence-electron chi connectivity index (χ0n) is 19.4. The van der Waals surface area contributed by atoms with Crippen LogP contribution in [0.1, 0.15) is 55.8 Å². The van der Waals surface area contributed by atoms with E-state index in [0.717, 1.165) is 11.3 Å². The van der Waals surface area contributed by atoms with Gasteiger partial charge in [-0.25, -0.2) is 14.8 Å². The molecule has 1 aromatic heterocycles. The summed E-state index contributed by atoms with van der Waals surface area (Å²) in [5, 5.41) is 13.2. The summed E-state index contributed by atoms with van der Waals surface area (Å²) in [5.74, 6) is -0.489. The fourth-order valence-corrected chi connectivity index (χ4v) is 3.84. The van der Waals surface area contributed by atoms with Crippen LogP contribution in [-0.4, -0.2) is 40.6 Å². The molecule has 34 heavy (non-hydrogen) atoms. The predicted molar refractivity (Wildman–Crippen MR) is 119 cm³/mol. The molecule has 1 atom stereocenters. The number of nitriles is 1. The van der Waals surface area contributed by atoms with Crippen LogP contribution in [0, 0.1) is 18.3 Å². The molecule has 0 radical (unpaired) electrons. The van der Waals surface area contributed by atoms with Gasteiger partial charge < -0.3 is 10.1 Å². The fourth-order valence-electron chi connectivity index (χ4n) is 3.84. The first-order chi connectivity index (χ1) is 15.8. The lowest BCUT2D eigenvalue weighted by molar-refractivity contribution is -0.122. The van der Waals surface area contributed by atoms with Gasteiger partial charge in [0.1, 0.15) is 29.6 Å². The lowest BCUT2D eigenvalue weighted by Crippen LogP contribution is -2.54. The largest absolute Gasteiger partial charge is 0.442 e. The van der Waals surface area contributed by atoms with Crippen LogP contribution in [0.2, 0.25) is 0 Å². The highest BCUT2D eigenvalue weighted by atomic mass is 19.4. The molecule has 1 amide bonds. The van der Waals surface area contributed by atoms with E-state index in [4.69, 9.17) is 4.74 Å². The molecular formula is C23H26F3N5O3. The number of ether oxygens (including phenoxy) is 1. The minimum Gasteiger partial charge on any atom is -0.442 e. The highest BCUT2D eigenvalue weighted by molar-refractivity contribution is 5.79. The Bertz CT molecular complexity index is 1150. The Morgan fingerprint density at radius 3 is 2.62 bits per heavy atom. The molecule has 0 spiro atoms. The number of anilines is 1. The van der Waals surface area contributed by atoms with Gasteiger partial charge in [0.05, 0.1) is 5.69 Å². The Labute approximate surface area is 194 Å². The van der Waals surface area contributed by atoms with Crippen molar-refractivity contribution in [1.82, 2.24) is 9.66 Å². The van der Waals surface area contributed by atoms with Gasteiger partial charge in [-0.1, -0.05) is 18.2 Å². The summed E-state index contributed by atoms with van der Waals surface area (Å²) in [4.78, 5) is 30.2. The number of fused-ring (bicyclic) bond motifs is 1. The van der Waals surface area contributed by atoms with Crippen molar-refractivity contribution in [3.8, 4) is 6.07 Å². The second-order valence-corrected chi connectivity index (χ2v) is 9.07. The minimum atomic E-state index is -4.83. The van der Waals surface area contributed by atoms with E-state index in [-0.39, 0.29) is 22.4 Å². The molecule has 0 bridgehead atoms. The molecule has 8 nitrogen and oxygen atoms in total. The Balaban J connectivity index is 2.05. The van der Waals surface area contributed by atoms with E-state index < -0.39 is 35.5 Å². The van der Waals surface area contributed by atoms with Crippen molar-refractivity contribution in [2.24, 2.45) is 0 Å². The monoisotopic (exact) mass is 477 g/mol. The maximum atomic E-state index is 13.3.